The fourth-order valence-corrected chi connectivity index (χ4v) is 0.278. The molecule has 2 heteroatoms. The Morgan fingerprint density at radius 1 is 1.83 bits per heavy atom. The lowest BCUT2D eigenvalue weighted by Crippen LogP contribution is -1.46. The van der Waals surface area contributed by atoms with Gasteiger partial charge in [0.25, 0.3) is 0 Å². The van der Waals surface area contributed by atoms with Crippen molar-refractivity contribution in [2.24, 2.45) is 0 Å². The van der Waals surface area contributed by atoms with Crippen LogP contribution in [0.2, 0.25) is 0 Å². The van der Waals surface area contributed by atoms with Crippen LogP contribution in [-0.4, -0.2) is 10.1 Å². The molecule has 0 atom stereocenters. The molecular weight excluding hydrogens is 78.0 g/mol. The van der Waals surface area contributed by atoms with Crippen molar-refractivity contribution < 1.29 is 5.11 Å². The number of hydrogen-bond donors (Lipinski definition) is 2. The fraction of sp³-hybridized carbons (Fsp3) is 0. The molecule has 0 aromatic carbocycles. The quantitative estimate of drug-likeness (QED) is 0.440. The minimum absolute atomic E-state index is 0.162. The van der Waals surface area contributed by atoms with E-state index in [0.29, 0.717) is 0 Å². The predicted molar refractivity (Wildman–Crippen MR) is 21.3 cm³/mol. The summed E-state index contributed by atoms with van der Waals surface area (Å²) in [5.41, 5.74) is 0. The van der Waals surface area contributed by atoms with Gasteiger partial charge in [0.05, 0.1) is 0 Å². The van der Waals surface area contributed by atoms with Gasteiger partial charge >= 0.3 is 0 Å². The molecule has 0 aliphatic carbocycles. The molecule has 0 saturated heterocycles. The third-order valence-electron chi connectivity index (χ3n) is 0.525. The maximum atomic E-state index is 8.39. The van der Waals surface area contributed by atoms with Crippen LogP contribution in [0.5, 0.6) is 5.75 Å². The monoisotopic (exact) mass is 82.0 g/mol. The summed E-state index contributed by atoms with van der Waals surface area (Å²) in [6.07, 6.45) is 4.04. The highest BCUT2D eigenvalue weighted by Crippen LogP contribution is 1.99. The normalized spacial score (nSPS) is 8.67. The Hall–Kier alpha value is -0.920. The Kier molecular flexibility index (Phi) is 0.572. The van der Waals surface area contributed by atoms with Crippen LogP contribution in [0.25, 0.3) is 0 Å². The van der Waals surface area contributed by atoms with Crippen LogP contribution in [0.3, 0.4) is 0 Å². The van der Waals surface area contributed by atoms with Crippen LogP contribution >= 0.6 is 0 Å². The maximum absolute atomic E-state index is 8.39. The van der Waals surface area contributed by atoms with Crippen LogP contribution in [0.4, 0.5) is 0 Å². The zero-order chi connectivity index (χ0) is 4.41. The number of H-pyrrole nitrogens is 1. The smallest absolute Gasteiger partial charge is 0.0112 e. The topological polar surface area (TPSA) is 36.0 Å². The summed E-state index contributed by atoms with van der Waals surface area (Å²) in [5, 5.41) is 8.39. The number of aromatic nitrogens is 1. The van der Waals surface area contributed by atoms with Crippen LogP contribution in [0.1, 0.15) is 0 Å². The molecular formula is C4H4NO-. The van der Waals surface area contributed by atoms with Crippen molar-refractivity contribution in [1.29, 1.82) is 0 Å². The van der Waals surface area contributed by atoms with Crippen molar-refractivity contribution in [3.8, 4) is 5.75 Å². The van der Waals surface area contributed by atoms with Gasteiger partial charge in [-0.05, 0) is 0 Å². The van der Waals surface area contributed by atoms with Gasteiger partial charge in [0.2, 0.25) is 0 Å². The summed E-state index contributed by atoms with van der Waals surface area (Å²) < 4.78 is 0. The van der Waals surface area contributed by atoms with Crippen molar-refractivity contribution in [2.45, 2.75) is 0 Å². The van der Waals surface area contributed by atoms with Crippen LogP contribution in [0.15, 0.2) is 12.3 Å². The summed E-state index contributed by atoms with van der Waals surface area (Å²) in [6.45, 7) is 0. The molecule has 0 aliphatic rings. The molecule has 0 radical (unpaired) electrons. The van der Waals surface area contributed by atoms with E-state index in [1.54, 1.807) is 6.20 Å². The highest BCUT2D eigenvalue weighted by atomic mass is 16.3. The second-order valence-corrected chi connectivity index (χ2v) is 0.988. The Morgan fingerprint density at radius 2 is 2.67 bits per heavy atom. The van der Waals surface area contributed by atoms with E-state index >= 15 is 0 Å². The van der Waals surface area contributed by atoms with E-state index < -0.39 is 0 Å². The van der Waals surface area contributed by atoms with Crippen molar-refractivity contribution >= 4 is 0 Å². The molecule has 6 heavy (non-hydrogen) atoms. The van der Waals surface area contributed by atoms with Gasteiger partial charge in [0.15, 0.2) is 0 Å². The molecule has 0 unspecified atom stereocenters. The lowest BCUT2D eigenvalue weighted by molar-refractivity contribution is 0.475. The van der Waals surface area contributed by atoms with E-state index in [1.165, 1.54) is 6.07 Å². The molecule has 1 aromatic rings. The Morgan fingerprint density at radius 3 is 2.83 bits per heavy atom. The van der Waals surface area contributed by atoms with Crippen molar-refractivity contribution in [2.75, 3.05) is 0 Å². The van der Waals surface area contributed by atoms with E-state index in [1.807, 2.05) is 0 Å². The minimum atomic E-state index is 0.162. The molecule has 0 saturated carbocycles. The van der Waals surface area contributed by atoms with E-state index in [-0.39, 0.29) is 5.75 Å². The average molecular weight is 82.1 g/mol. The van der Waals surface area contributed by atoms with Gasteiger partial charge < -0.3 is 10.1 Å². The number of nitrogens with one attached hydrogen (secondary N) is 1. The summed E-state index contributed by atoms with van der Waals surface area (Å²) >= 11 is 0. The van der Waals surface area contributed by atoms with Gasteiger partial charge in [0.1, 0.15) is 0 Å². The predicted octanol–water partition coefficient (Wildman–Crippen LogP) is 0.520. The maximum Gasteiger partial charge on any atom is 0.0112 e. The van der Waals surface area contributed by atoms with Crippen LogP contribution in [0, 0.1) is 6.20 Å². The highest BCUT2D eigenvalue weighted by molar-refractivity contribution is 5.10. The third kappa shape index (κ3) is 0.360. The van der Waals surface area contributed by atoms with Crippen LogP contribution < -0.4 is 0 Å². The van der Waals surface area contributed by atoms with Gasteiger partial charge in [-0.25, -0.2) is 0 Å². The molecule has 1 aromatic heterocycles. The molecule has 0 bridgehead atoms. The first kappa shape index (κ1) is 3.28. The summed E-state index contributed by atoms with van der Waals surface area (Å²) in [5.74, 6) is 0.162. The SMILES string of the molecule is Oc1[c-][nH]cc1. The molecule has 2 N–H and O–H groups in total. The Balaban J connectivity index is 3.05. The lowest BCUT2D eigenvalue weighted by atomic mass is 10.6. The lowest BCUT2D eigenvalue weighted by Gasteiger charge is -1.77. The Bertz CT molecular complexity index is 111. The largest absolute Gasteiger partial charge is 0.533 e. The average Bonchev–Trinajstić information content (AvgIpc) is 1.86. The molecule has 1 heterocycles. The number of rotatable bonds is 0. The molecule has 0 fully saturated rings. The van der Waals surface area contributed by atoms with Gasteiger partial charge in [-0.2, -0.15) is 6.07 Å². The van der Waals surface area contributed by atoms with Gasteiger partial charge in [0, 0.05) is 5.75 Å². The molecule has 32 valence electrons. The first-order chi connectivity index (χ1) is 2.89. The third-order valence-corrected chi connectivity index (χ3v) is 0.525. The van der Waals surface area contributed by atoms with Crippen LogP contribution in [-0.2, 0) is 0 Å². The number of aromatic hydroxyl groups is 1. The number of aromatic amines is 1. The summed E-state index contributed by atoms with van der Waals surface area (Å²) in [4.78, 5) is 2.55. The van der Waals surface area contributed by atoms with Gasteiger partial charge in [-0.1, -0.05) is 6.20 Å². The van der Waals surface area contributed by atoms with E-state index in [0.717, 1.165) is 0 Å². The Labute approximate surface area is 35.4 Å². The van der Waals surface area contributed by atoms with Crippen molar-refractivity contribution in [1.82, 2.24) is 4.98 Å². The first-order valence-corrected chi connectivity index (χ1v) is 1.63. The molecule has 0 spiro atoms. The summed E-state index contributed by atoms with van der Waals surface area (Å²) in [6, 6.07) is 1.53. The van der Waals surface area contributed by atoms with Gasteiger partial charge in [-0.15, -0.1) is 6.20 Å². The van der Waals surface area contributed by atoms with Crippen molar-refractivity contribution in [3.63, 3.8) is 0 Å². The highest BCUT2D eigenvalue weighted by Gasteiger charge is 1.64. The van der Waals surface area contributed by atoms with Crippen molar-refractivity contribution in [3.05, 3.63) is 18.5 Å². The summed E-state index contributed by atoms with van der Waals surface area (Å²) in [7, 11) is 0. The zero-order valence-corrected chi connectivity index (χ0v) is 3.10. The minimum Gasteiger partial charge on any atom is -0.533 e. The number of hydrogen-bond acceptors (Lipinski definition) is 1. The molecule has 0 aliphatic heterocycles. The molecule has 1 rings (SSSR count). The van der Waals surface area contributed by atoms with E-state index in [9.17, 15) is 0 Å². The second-order valence-electron chi connectivity index (χ2n) is 0.988. The van der Waals surface area contributed by atoms with E-state index in [2.05, 4.69) is 11.2 Å². The zero-order valence-electron chi connectivity index (χ0n) is 3.10. The fourth-order valence-electron chi connectivity index (χ4n) is 0.278. The first-order valence-electron chi connectivity index (χ1n) is 1.63. The molecule has 2 nitrogen and oxygen atoms in total. The standard InChI is InChI=1S/C4H4NO/c6-4-1-2-5-3-4/h1-2,5-6H/q-1. The second kappa shape index (κ2) is 1.05. The van der Waals surface area contributed by atoms with E-state index in [4.69, 9.17) is 5.11 Å². The van der Waals surface area contributed by atoms with Gasteiger partial charge in [-0.3, -0.25) is 0 Å². The molecule has 0 amide bonds.